The van der Waals surface area contributed by atoms with E-state index in [1.165, 1.54) is 0 Å². The Bertz CT molecular complexity index is 752. The molecule has 150 valence electrons. The summed E-state index contributed by atoms with van der Waals surface area (Å²) in [6, 6.07) is 5.74. The van der Waals surface area contributed by atoms with E-state index in [9.17, 15) is 13.2 Å². The first-order chi connectivity index (χ1) is 12.5. The van der Waals surface area contributed by atoms with Gasteiger partial charge in [0.15, 0.2) is 11.6 Å². The number of nitrogens with zero attached hydrogens (tertiary/aromatic N) is 4. The molecule has 1 aliphatic rings. The van der Waals surface area contributed by atoms with Crippen LogP contribution in [0.25, 0.3) is 5.65 Å². The molecule has 1 aliphatic carbocycles. The first kappa shape index (κ1) is 21.7. The predicted molar refractivity (Wildman–Crippen MR) is 108 cm³/mol. The number of alkyl halides is 3. The molecule has 0 unspecified atom stereocenters. The lowest BCUT2D eigenvalue weighted by atomic mass is 9.85. The van der Waals surface area contributed by atoms with E-state index >= 15 is 0 Å². The van der Waals surface area contributed by atoms with Crippen LogP contribution in [-0.4, -0.2) is 46.4 Å². The van der Waals surface area contributed by atoms with Crippen molar-refractivity contribution in [1.29, 1.82) is 0 Å². The number of hydrogen-bond donors (Lipinski definition) is 2. The van der Waals surface area contributed by atoms with Crippen LogP contribution >= 0.6 is 24.0 Å². The summed E-state index contributed by atoms with van der Waals surface area (Å²) < 4.78 is 40.1. The zero-order valence-electron chi connectivity index (χ0n) is 15.0. The second kappa shape index (κ2) is 9.56. The Morgan fingerprint density at radius 2 is 1.96 bits per heavy atom. The van der Waals surface area contributed by atoms with E-state index in [2.05, 4.69) is 25.8 Å². The maximum atomic E-state index is 12.7. The molecule has 0 saturated heterocycles. The van der Waals surface area contributed by atoms with Crippen LogP contribution in [0.2, 0.25) is 0 Å². The fourth-order valence-corrected chi connectivity index (χ4v) is 3.31. The third-order valence-corrected chi connectivity index (χ3v) is 4.78. The number of aliphatic imine (C=N–C) groups is 1. The van der Waals surface area contributed by atoms with Gasteiger partial charge in [-0.3, -0.25) is 9.39 Å². The largest absolute Gasteiger partial charge is 0.391 e. The topological polar surface area (TPSA) is 66.6 Å². The maximum absolute atomic E-state index is 12.7. The van der Waals surface area contributed by atoms with E-state index in [0.29, 0.717) is 31.8 Å². The van der Waals surface area contributed by atoms with Gasteiger partial charge in [0, 0.05) is 32.3 Å². The zero-order valence-corrected chi connectivity index (χ0v) is 17.4. The first-order valence-electron chi connectivity index (χ1n) is 8.80. The van der Waals surface area contributed by atoms with Gasteiger partial charge in [0.2, 0.25) is 0 Å². The lowest BCUT2D eigenvalue weighted by Gasteiger charge is -2.31. The van der Waals surface area contributed by atoms with Gasteiger partial charge in [-0.2, -0.15) is 13.2 Å². The highest BCUT2D eigenvalue weighted by Crippen LogP contribution is 2.37. The van der Waals surface area contributed by atoms with Gasteiger partial charge in [-0.15, -0.1) is 34.2 Å². The lowest BCUT2D eigenvalue weighted by Crippen LogP contribution is -2.46. The van der Waals surface area contributed by atoms with Crippen molar-refractivity contribution in [3.63, 3.8) is 0 Å². The molecule has 2 aromatic heterocycles. The fraction of sp³-hybridized carbons (Fsp3) is 0.588. The zero-order chi connectivity index (χ0) is 18.6. The minimum atomic E-state index is -4.08. The number of halogens is 4. The van der Waals surface area contributed by atoms with Gasteiger partial charge < -0.3 is 10.6 Å². The Morgan fingerprint density at radius 3 is 2.63 bits per heavy atom. The van der Waals surface area contributed by atoms with Crippen LogP contribution in [0.5, 0.6) is 0 Å². The van der Waals surface area contributed by atoms with Crippen molar-refractivity contribution in [1.82, 2.24) is 25.2 Å². The highest BCUT2D eigenvalue weighted by Gasteiger charge is 2.41. The molecule has 27 heavy (non-hydrogen) atoms. The smallest absolute Gasteiger partial charge is 0.356 e. The molecule has 0 aromatic carbocycles. The first-order valence-corrected chi connectivity index (χ1v) is 8.80. The summed E-state index contributed by atoms with van der Waals surface area (Å²) in [4.78, 5) is 4.16. The summed E-state index contributed by atoms with van der Waals surface area (Å²) in [5.74, 6) is 0.278. The number of aromatic nitrogens is 3. The van der Waals surface area contributed by atoms with Crippen LogP contribution in [-0.2, 0) is 6.42 Å². The highest BCUT2D eigenvalue weighted by atomic mass is 127. The Labute approximate surface area is 173 Å². The number of fused-ring (bicyclic) bond motifs is 1. The van der Waals surface area contributed by atoms with Gasteiger partial charge in [-0.25, -0.2) is 0 Å². The molecule has 0 spiro atoms. The maximum Gasteiger partial charge on any atom is 0.391 e. The molecule has 0 bridgehead atoms. The molecule has 2 heterocycles. The Morgan fingerprint density at radius 1 is 1.22 bits per heavy atom. The molecule has 6 nitrogen and oxygen atoms in total. The molecular formula is C17H24F3IN6. The summed E-state index contributed by atoms with van der Waals surface area (Å²) >= 11 is 0. The van der Waals surface area contributed by atoms with Crippen LogP contribution < -0.4 is 10.6 Å². The standard InChI is InChI=1S/C17H23F3N6.HI/c1-21-16(23-13-7-5-12(6-8-13)17(18,19)20)22-10-9-15-25-24-14-4-2-3-11-26(14)15;/h2-4,11-13H,5-10H2,1H3,(H2,21,22,23);1H. The van der Waals surface area contributed by atoms with Gasteiger partial charge in [-0.05, 0) is 37.8 Å². The molecule has 10 heteroatoms. The van der Waals surface area contributed by atoms with Crippen molar-refractivity contribution in [2.24, 2.45) is 10.9 Å². The minimum Gasteiger partial charge on any atom is -0.356 e. The van der Waals surface area contributed by atoms with Crippen molar-refractivity contribution in [3.05, 3.63) is 30.2 Å². The molecule has 3 rings (SSSR count). The summed E-state index contributed by atoms with van der Waals surface area (Å²) in [7, 11) is 1.66. The van der Waals surface area contributed by atoms with Crippen molar-refractivity contribution in [2.45, 2.75) is 44.3 Å². The Kier molecular flexibility index (Phi) is 7.68. The van der Waals surface area contributed by atoms with Crippen LogP contribution in [0.4, 0.5) is 13.2 Å². The molecule has 1 saturated carbocycles. The Balaban J connectivity index is 0.00000261. The monoisotopic (exact) mass is 496 g/mol. The van der Waals surface area contributed by atoms with Gasteiger partial charge in [0.1, 0.15) is 5.82 Å². The fourth-order valence-electron chi connectivity index (χ4n) is 3.31. The molecule has 2 N–H and O–H groups in total. The molecule has 0 amide bonds. The van der Waals surface area contributed by atoms with Gasteiger partial charge in [-0.1, -0.05) is 6.07 Å². The molecule has 2 aromatic rings. The molecular weight excluding hydrogens is 472 g/mol. The predicted octanol–water partition coefficient (Wildman–Crippen LogP) is 3.18. The van der Waals surface area contributed by atoms with Crippen molar-refractivity contribution in [2.75, 3.05) is 13.6 Å². The lowest BCUT2D eigenvalue weighted by molar-refractivity contribution is -0.182. The average Bonchev–Trinajstić information content (AvgIpc) is 3.04. The molecule has 0 radical (unpaired) electrons. The number of guanidine groups is 1. The Hall–Kier alpha value is -1.59. The van der Waals surface area contributed by atoms with Crippen molar-refractivity contribution < 1.29 is 13.2 Å². The number of rotatable bonds is 4. The summed E-state index contributed by atoms with van der Waals surface area (Å²) in [5.41, 5.74) is 0.798. The minimum absolute atomic E-state index is 0. The van der Waals surface area contributed by atoms with Crippen LogP contribution in [0.15, 0.2) is 29.4 Å². The van der Waals surface area contributed by atoms with Crippen LogP contribution in [0, 0.1) is 5.92 Å². The summed E-state index contributed by atoms with van der Waals surface area (Å²) in [6.45, 7) is 0.604. The number of hydrogen-bond acceptors (Lipinski definition) is 3. The second-order valence-electron chi connectivity index (χ2n) is 6.53. The van der Waals surface area contributed by atoms with E-state index in [1.54, 1.807) is 7.05 Å². The molecule has 0 aliphatic heterocycles. The summed E-state index contributed by atoms with van der Waals surface area (Å²) in [5, 5.41) is 14.7. The third-order valence-electron chi connectivity index (χ3n) is 4.78. The van der Waals surface area contributed by atoms with E-state index in [1.807, 2.05) is 28.8 Å². The van der Waals surface area contributed by atoms with Crippen LogP contribution in [0.1, 0.15) is 31.5 Å². The van der Waals surface area contributed by atoms with E-state index in [0.717, 1.165) is 11.5 Å². The molecule has 0 atom stereocenters. The van der Waals surface area contributed by atoms with E-state index in [4.69, 9.17) is 0 Å². The average molecular weight is 496 g/mol. The van der Waals surface area contributed by atoms with Gasteiger partial charge in [0.25, 0.3) is 0 Å². The third kappa shape index (κ3) is 5.69. The number of pyridine rings is 1. The van der Waals surface area contributed by atoms with Gasteiger partial charge >= 0.3 is 6.18 Å². The molecule has 1 fully saturated rings. The summed E-state index contributed by atoms with van der Waals surface area (Å²) in [6.07, 6.45) is -0.164. The number of nitrogens with one attached hydrogen (secondary N) is 2. The van der Waals surface area contributed by atoms with Crippen molar-refractivity contribution in [3.8, 4) is 0 Å². The SMILES string of the molecule is CN=C(NCCc1nnc2ccccn12)NC1CCC(C(F)(F)F)CC1.I. The normalized spacial score (nSPS) is 21.0. The second-order valence-corrected chi connectivity index (χ2v) is 6.53. The quantitative estimate of drug-likeness (QED) is 0.388. The van der Waals surface area contributed by atoms with Crippen LogP contribution in [0.3, 0.4) is 0 Å². The van der Waals surface area contributed by atoms with E-state index in [-0.39, 0.29) is 42.9 Å². The van der Waals surface area contributed by atoms with Crippen molar-refractivity contribution >= 4 is 35.6 Å². The van der Waals surface area contributed by atoms with E-state index < -0.39 is 12.1 Å². The van der Waals surface area contributed by atoms with Gasteiger partial charge in [0.05, 0.1) is 5.92 Å². The highest BCUT2D eigenvalue weighted by molar-refractivity contribution is 14.0.